The number of benzene rings is 1. The summed E-state index contributed by atoms with van der Waals surface area (Å²) in [6.07, 6.45) is 3.95. The number of nitrogens with one attached hydrogen (secondary N) is 1. The summed E-state index contributed by atoms with van der Waals surface area (Å²) in [5, 5.41) is 3.48. The molecule has 20 heavy (non-hydrogen) atoms. The first-order valence-corrected chi connectivity index (χ1v) is 7.53. The van der Waals surface area contributed by atoms with Crippen LogP contribution in [0.15, 0.2) is 18.2 Å². The molecule has 1 aliphatic carbocycles. The minimum absolute atomic E-state index is 0.118. The summed E-state index contributed by atoms with van der Waals surface area (Å²) >= 11 is 0. The average Bonchev–Trinajstić information content (AvgIpc) is 2.34. The van der Waals surface area contributed by atoms with Gasteiger partial charge in [0.1, 0.15) is 0 Å². The van der Waals surface area contributed by atoms with Crippen molar-refractivity contribution in [3.8, 4) is 11.5 Å². The highest BCUT2D eigenvalue weighted by atomic mass is 16.5. The lowest BCUT2D eigenvalue weighted by Gasteiger charge is -2.25. The molecule has 0 aromatic heterocycles. The van der Waals surface area contributed by atoms with E-state index < -0.39 is 0 Å². The monoisotopic (exact) mass is 277 g/mol. The van der Waals surface area contributed by atoms with Gasteiger partial charge in [0.15, 0.2) is 11.5 Å². The van der Waals surface area contributed by atoms with Crippen LogP contribution in [-0.2, 0) is 6.54 Å². The van der Waals surface area contributed by atoms with E-state index in [-0.39, 0.29) is 5.54 Å². The van der Waals surface area contributed by atoms with Gasteiger partial charge < -0.3 is 14.8 Å². The zero-order chi connectivity index (χ0) is 14.6. The number of hydrogen-bond donors (Lipinski definition) is 1. The first-order valence-electron chi connectivity index (χ1n) is 7.53. The molecule has 1 N–H and O–H groups in total. The molecule has 0 aliphatic heterocycles. The second-order valence-electron chi connectivity index (χ2n) is 6.70. The van der Waals surface area contributed by atoms with E-state index >= 15 is 0 Å². The zero-order valence-electron chi connectivity index (χ0n) is 13.2. The Balaban J connectivity index is 1.95. The lowest BCUT2D eigenvalue weighted by Crippen LogP contribution is -2.35. The lowest BCUT2D eigenvalue weighted by molar-refractivity contribution is 0.176. The van der Waals surface area contributed by atoms with Crippen molar-refractivity contribution in [2.24, 2.45) is 5.92 Å². The Kier molecular flexibility index (Phi) is 4.92. The predicted octanol–water partition coefficient (Wildman–Crippen LogP) is 3.76. The van der Waals surface area contributed by atoms with Crippen LogP contribution in [-0.4, -0.2) is 19.3 Å². The van der Waals surface area contributed by atoms with Crippen LogP contribution in [0.4, 0.5) is 0 Å². The van der Waals surface area contributed by atoms with E-state index in [0.29, 0.717) is 0 Å². The Bertz CT molecular complexity index is 433. The molecule has 3 nitrogen and oxygen atoms in total. The summed E-state index contributed by atoms with van der Waals surface area (Å²) in [7, 11) is 1.70. The Hall–Kier alpha value is -1.22. The summed E-state index contributed by atoms with van der Waals surface area (Å²) in [5.74, 6) is 2.43. The van der Waals surface area contributed by atoms with Crippen LogP contribution in [0.3, 0.4) is 0 Å². The number of rotatable bonds is 6. The number of hydrogen-bond acceptors (Lipinski definition) is 3. The van der Waals surface area contributed by atoms with E-state index in [2.05, 4.69) is 38.2 Å². The van der Waals surface area contributed by atoms with Crippen LogP contribution in [0.5, 0.6) is 11.5 Å². The minimum Gasteiger partial charge on any atom is -0.493 e. The maximum atomic E-state index is 5.89. The minimum atomic E-state index is 0.118. The Morgan fingerprint density at radius 3 is 2.50 bits per heavy atom. The van der Waals surface area contributed by atoms with Crippen molar-refractivity contribution in [3.63, 3.8) is 0 Å². The van der Waals surface area contributed by atoms with Crippen LogP contribution >= 0.6 is 0 Å². The van der Waals surface area contributed by atoms with Gasteiger partial charge in [-0.3, -0.25) is 0 Å². The van der Waals surface area contributed by atoms with Gasteiger partial charge in [-0.15, -0.1) is 0 Å². The van der Waals surface area contributed by atoms with Crippen LogP contribution in [0, 0.1) is 5.92 Å². The van der Waals surface area contributed by atoms with Crippen molar-refractivity contribution in [1.29, 1.82) is 0 Å². The van der Waals surface area contributed by atoms with Gasteiger partial charge in [0.05, 0.1) is 13.7 Å². The van der Waals surface area contributed by atoms with Crippen LogP contribution < -0.4 is 14.8 Å². The topological polar surface area (TPSA) is 30.5 Å². The van der Waals surface area contributed by atoms with Crippen LogP contribution in [0.1, 0.15) is 45.6 Å². The van der Waals surface area contributed by atoms with Crippen molar-refractivity contribution in [2.45, 2.75) is 52.1 Å². The predicted molar refractivity (Wildman–Crippen MR) is 82.4 cm³/mol. The molecule has 1 aromatic carbocycles. The van der Waals surface area contributed by atoms with E-state index in [0.717, 1.165) is 30.6 Å². The molecular weight excluding hydrogens is 250 g/mol. The van der Waals surface area contributed by atoms with Crippen molar-refractivity contribution in [2.75, 3.05) is 13.7 Å². The summed E-state index contributed by atoms with van der Waals surface area (Å²) in [6.45, 7) is 8.15. The first-order chi connectivity index (χ1) is 9.48. The highest BCUT2D eigenvalue weighted by Crippen LogP contribution is 2.31. The molecule has 1 aliphatic rings. The number of ether oxygens (including phenoxy) is 2. The summed E-state index contributed by atoms with van der Waals surface area (Å²) < 4.78 is 11.3. The van der Waals surface area contributed by atoms with E-state index in [1.54, 1.807) is 7.11 Å². The largest absolute Gasteiger partial charge is 0.493 e. The van der Waals surface area contributed by atoms with E-state index in [9.17, 15) is 0 Å². The van der Waals surface area contributed by atoms with Crippen molar-refractivity contribution in [1.82, 2.24) is 5.32 Å². The highest BCUT2D eigenvalue weighted by molar-refractivity contribution is 5.43. The molecule has 3 heteroatoms. The van der Waals surface area contributed by atoms with Gasteiger partial charge in [-0.05, 0) is 57.2 Å². The third-order valence-corrected chi connectivity index (χ3v) is 3.75. The average molecular weight is 277 g/mol. The molecule has 0 radical (unpaired) electrons. The molecule has 0 saturated heterocycles. The molecule has 0 unspecified atom stereocenters. The molecule has 1 aromatic rings. The van der Waals surface area contributed by atoms with Gasteiger partial charge in [0.25, 0.3) is 0 Å². The molecule has 0 heterocycles. The summed E-state index contributed by atoms with van der Waals surface area (Å²) in [4.78, 5) is 0. The molecule has 1 fully saturated rings. The highest BCUT2D eigenvalue weighted by Gasteiger charge is 2.19. The van der Waals surface area contributed by atoms with Crippen LogP contribution in [0.25, 0.3) is 0 Å². The fraction of sp³-hybridized carbons (Fsp3) is 0.647. The smallest absolute Gasteiger partial charge is 0.161 e. The second-order valence-corrected chi connectivity index (χ2v) is 6.70. The molecule has 2 rings (SSSR count). The fourth-order valence-corrected chi connectivity index (χ4v) is 2.18. The molecular formula is C17H27NO2. The third-order valence-electron chi connectivity index (χ3n) is 3.75. The molecule has 0 bridgehead atoms. The van der Waals surface area contributed by atoms with Gasteiger partial charge >= 0.3 is 0 Å². The quantitative estimate of drug-likeness (QED) is 0.858. The van der Waals surface area contributed by atoms with Gasteiger partial charge in [-0.2, -0.15) is 0 Å². The molecule has 0 spiro atoms. The van der Waals surface area contributed by atoms with Crippen LogP contribution in [0.2, 0.25) is 0 Å². The fourth-order valence-electron chi connectivity index (χ4n) is 2.18. The van der Waals surface area contributed by atoms with E-state index in [4.69, 9.17) is 9.47 Å². The summed E-state index contributed by atoms with van der Waals surface area (Å²) in [5.41, 5.74) is 1.33. The molecule has 1 saturated carbocycles. The lowest BCUT2D eigenvalue weighted by atomic mass is 9.86. The normalized spacial score (nSPS) is 15.8. The van der Waals surface area contributed by atoms with Crippen molar-refractivity contribution >= 4 is 0 Å². The summed E-state index contributed by atoms with van der Waals surface area (Å²) in [6, 6.07) is 6.20. The maximum absolute atomic E-state index is 5.89. The molecule has 112 valence electrons. The third kappa shape index (κ3) is 4.41. The zero-order valence-corrected chi connectivity index (χ0v) is 13.2. The Labute approximate surface area is 122 Å². The van der Waals surface area contributed by atoms with E-state index in [1.807, 2.05) is 6.07 Å². The maximum Gasteiger partial charge on any atom is 0.161 e. The first kappa shape index (κ1) is 15.2. The second kappa shape index (κ2) is 6.49. The molecule has 0 amide bonds. The van der Waals surface area contributed by atoms with Gasteiger partial charge in [-0.25, -0.2) is 0 Å². The van der Waals surface area contributed by atoms with Crippen molar-refractivity contribution in [3.05, 3.63) is 23.8 Å². The Morgan fingerprint density at radius 2 is 1.95 bits per heavy atom. The SMILES string of the molecule is COc1cc(CNC(C)(C)C)ccc1OCC1CCC1. The molecule has 0 atom stereocenters. The van der Waals surface area contributed by atoms with Crippen molar-refractivity contribution < 1.29 is 9.47 Å². The van der Waals surface area contributed by atoms with Gasteiger partial charge in [0, 0.05) is 12.1 Å². The van der Waals surface area contributed by atoms with Gasteiger partial charge in [-0.1, -0.05) is 12.5 Å². The van der Waals surface area contributed by atoms with E-state index in [1.165, 1.54) is 24.8 Å². The standard InChI is InChI=1S/C17H27NO2/c1-17(2,3)18-11-14-8-9-15(16(10-14)19-4)20-12-13-6-5-7-13/h8-10,13,18H,5-7,11-12H2,1-4H3. The van der Waals surface area contributed by atoms with Gasteiger partial charge in [0.2, 0.25) is 0 Å². The Morgan fingerprint density at radius 1 is 1.20 bits per heavy atom. The number of methoxy groups -OCH3 is 1.